The van der Waals surface area contributed by atoms with Crippen LogP contribution in [0.3, 0.4) is 0 Å². The van der Waals surface area contributed by atoms with Crippen molar-refractivity contribution in [2.24, 2.45) is 24.8 Å². The zero-order valence-corrected chi connectivity index (χ0v) is 17.7. The Morgan fingerprint density at radius 2 is 2.14 bits per heavy atom. The van der Waals surface area contributed by atoms with Gasteiger partial charge in [-0.2, -0.15) is 0 Å². The fourth-order valence-corrected chi connectivity index (χ4v) is 4.73. The van der Waals surface area contributed by atoms with Crippen LogP contribution in [0.1, 0.15) is 52.8 Å². The van der Waals surface area contributed by atoms with Gasteiger partial charge in [-0.15, -0.1) is 0 Å². The zero-order valence-electron chi connectivity index (χ0n) is 17.7. The van der Waals surface area contributed by atoms with Crippen LogP contribution >= 0.6 is 0 Å². The lowest BCUT2D eigenvalue weighted by Gasteiger charge is -2.36. The van der Waals surface area contributed by atoms with Gasteiger partial charge in [0.05, 0.1) is 13.6 Å². The van der Waals surface area contributed by atoms with E-state index in [4.69, 9.17) is 11.3 Å². The van der Waals surface area contributed by atoms with Gasteiger partial charge in [0.2, 0.25) is 0 Å². The number of carbonyl (C=O) groups excluding carboxylic acids is 1. The molecule has 2 aromatic rings. The summed E-state index contributed by atoms with van der Waals surface area (Å²) in [7, 11) is 2.01. The molecule has 1 saturated carbocycles. The molecule has 0 unspecified atom stereocenters. The molecule has 1 heterocycles. The minimum atomic E-state index is -0.176. The molecular weight excluding hydrogens is 350 g/mol. The third-order valence-electron chi connectivity index (χ3n) is 6.29. The largest absolute Gasteiger partial charge is 0.459 e. The number of ether oxygens (including phenoxy) is 1. The van der Waals surface area contributed by atoms with Gasteiger partial charge in [-0.3, -0.25) is 0 Å². The summed E-state index contributed by atoms with van der Waals surface area (Å²) in [5, 5.41) is 0. The number of fused-ring (bicyclic) bond motifs is 1. The number of rotatable bonds is 5. The van der Waals surface area contributed by atoms with Crippen molar-refractivity contribution in [2.75, 3.05) is 0 Å². The molecule has 28 heavy (non-hydrogen) atoms. The summed E-state index contributed by atoms with van der Waals surface area (Å²) < 4.78 is 10.1. The number of imidazole rings is 1. The number of hydrogen-bond acceptors (Lipinski definition) is 2. The van der Waals surface area contributed by atoms with Gasteiger partial charge in [-0.25, -0.2) is 18.8 Å². The van der Waals surface area contributed by atoms with Crippen LogP contribution in [0.2, 0.25) is 0 Å². The first-order chi connectivity index (χ1) is 13.3. The smallest absolute Gasteiger partial charge is 0.348 e. The Balaban J connectivity index is 1.87. The second kappa shape index (κ2) is 8.34. The third kappa shape index (κ3) is 3.92. The first kappa shape index (κ1) is 20.4. The summed E-state index contributed by atoms with van der Waals surface area (Å²) in [4.78, 5) is 16.5. The topological polar surface area (TPSA) is 39.5 Å². The van der Waals surface area contributed by atoms with Crippen LogP contribution in [0.15, 0.2) is 18.2 Å². The van der Waals surface area contributed by atoms with Crippen molar-refractivity contribution in [2.45, 2.75) is 66.0 Å². The predicted molar refractivity (Wildman–Crippen MR) is 110 cm³/mol. The van der Waals surface area contributed by atoms with Gasteiger partial charge in [0.25, 0.3) is 5.82 Å². The molecule has 1 fully saturated rings. The van der Waals surface area contributed by atoms with Crippen LogP contribution in [0.4, 0.5) is 5.69 Å². The molecule has 5 nitrogen and oxygen atoms in total. The van der Waals surface area contributed by atoms with Crippen molar-refractivity contribution < 1.29 is 14.1 Å². The molecule has 0 aliphatic heterocycles. The van der Waals surface area contributed by atoms with E-state index in [2.05, 4.69) is 37.1 Å². The number of esters is 1. The molecule has 0 N–H and O–H groups in total. The molecule has 3 rings (SSSR count). The predicted octanol–water partition coefficient (Wildman–Crippen LogP) is 4.58. The SMILES string of the molecule is [C-]#[N+]c1ccc2c(c1)n(CC(=O)O[C@@H]1C[C@H](C)CC[C@H]1C(C)C)c(CC)[n+]2C. The van der Waals surface area contributed by atoms with Crippen molar-refractivity contribution >= 4 is 22.7 Å². The molecule has 150 valence electrons. The molecule has 0 spiro atoms. The van der Waals surface area contributed by atoms with Crippen molar-refractivity contribution in [3.05, 3.63) is 35.4 Å². The minimum Gasteiger partial charge on any atom is -0.459 e. The van der Waals surface area contributed by atoms with Crippen molar-refractivity contribution in [1.29, 1.82) is 0 Å². The van der Waals surface area contributed by atoms with E-state index in [1.807, 2.05) is 29.8 Å². The van der Waals surface area contributed by atoms with Gasteiger partial charge in [-0.05, 0) is 42.7 Å². The Morgan fingerprint density at radius 3 is 2.79 bits per heavy atom. The molecule has 0 radical (unpaired) electrons. The average Bonchev–Trinajstić information content (AvgIpc) is 2.92. The monoisotopic (exact) mass is 382 g/mol. The maximum atomic E-state index is 12.9. The van der Waals surface area contributed by atoms with E-state index in [1.54, 1.807) is 0 Å². The second-order valence-corrected chi connectivity index (χ2v) is 8.55. The summed E-state index contributed by atoms with van der Waals surface area (Å²) in [6, 6.07) is 5.66. The van der Waals surface area contributed by atoms with Gasteiger partial charge < -0.3 is 4.74 Å². The summed E-state index contributed by atoms with van der Waals surface area (Å²) in [5.74, 6) is 2.45. The summed E-state index contributed by atoms with van der Waals surface area (Å²) in [6.07, 6.45) is 4.12. The Labute approximate surface area is 168 Å². The van der Waals surface area contributed by atoms with Gasteiger partial charge in [-0.1, -0.05) is 40.2 Å². The van der Waals surface area contributed by atoms with E-state index >= 15 is 0 Å². The van der Waals surface area contributed by atoms with Crippen LogP contribution < -0.4 is 4.57 Å². The van der Waals surface area contributed by atoms with Crippen LogP contribution in [0, 0.1) is 24.3 Å². The lowest BCUT2D eigenvalue weighted by atomic mass is 9.75. The first-order valence-electron chi connectivity index (χ1n) is 10.4. The van der Waals surface area contributed by atoms with Crippen molar-refractivity contribution in [3.63, 3.8) is 0 Å². The van der Waals surface area contributed by atoms with E-state index < -0.39 is 0 Å². The van der Waals surface area contributed by atoms with Gasteiger partial charge >= 0.3 is 5.97 Å². The fourth-order valence-electron chi connectivity index (χ4n) is 4.73. The van der Waals surface area contributed by atoms with Crippen molar-refractivity contribution in [1.82, 2.24) is 4.57 Å². The Bertz CT molecular complexity index is 907. The number of carbonyl (C=O) groups is 1. The van der Waals surface area contributed by atoms with Gasteiger partial charge in [0.1, 0.15) is 6.10 Å². The second-order valence-electron chi connectivity index (χ2n) is 8.55. The third-order valence-corrected chi connectivity index (χ3v) is 6.29. The van der Waals surface area contributed by atoms with Gasteiger partial charge in [0, 0.05) is 6.42 Å². The maximum Gasteiger partial charge on any atom is 0.348 e. The molecule has 1 aromatic heterocycles. The fraction of sp³-hybridized carbons (Fsp3) is 0.609. The highest BCUT2D eigenvalue weighted by Gasteiger charge is 2.34. The number of hydrogen-bond donors (Lipinski definition) is 0. The molecular formula is C23H32N3O2+. The number of aromatic nitrogens is 2. The van der Waals surface area contributed by atoms with E-state index in [0.717, 1.165) is 36.1 Å². The molecule has 1 aliphatic carbocycles. The Morgan fingerprint density at radius 1 is 1.39 bits per heavy atom. The molecule has 0 bridgehead atoms. The molecule has 5 heteroatoms. The van der Waals surface area contributed by atoms with Crippen LogP contribution in [-0.4, -0.2) is 16.6 Å². The zero-order chi connectivity index (χ0) is 20.4. The van der Waals surface area contributed by atoms with E-state index in [0.29, 0.717) is 23.4 Å². The quantitative estimate of drug-likeness (QED) is 0.431. The Hall–Kier alpha value is -2.35. The minimum absolute atomic E-state index is 0.00991. The van der Waals surface area contributed by atoms with Crippen molar-refractivity contribution in [3.8, 4) is 0 Å². The average molecular weight is 383 g/mol. The van der Waals surface area contributed by atoms with Gasteiger partial charge in [0.15, 0.2) is 23.3 Å². The Kier molecular flexibility index (Phi) is 6.07. The van der Waals surface area contributed by atoms with E-state index in [9.17, 15) is 4.79 Å². The summed E-state index contributed by atoms with van der Waals surface area (Å²) in [5.41, 5.74) is 2.54. The molecule has 1 aliphatic rings. The highest BCUT2D eigenvalue weighted by Crippen LogP contribution is 2.35. The molecule has 1 aromatic carbocycles. The summed E-state index contributed by atoms with van der Waals surface area (Å²) >= 11 is 0. The lowest BCUT2D eigenvalue weighted by Crippen LogP contribution is -2.37. The molecule has 0 saturated heterocycles. The van der Waals surface area contributed by atoms with E-state index in [-0.39, 0.29) is 18.6 Å². The molecule has 0 amide bonds. The number of aryl methyl sites for hydroxylation is 1. The standard InChI is InChI=1S/C23H32N3O2/c1-7-22-25(6)19-11-9-17(24-5)13-20(19)26(22)14-23(27)28-21-12-16(4)8-10-18(21)15(2)3/h9,11,13,15-16,18,21H,7-8,10,12,14H2,1-4,6H3/q+1/t16-,18+,21-/m1/s1. The van der Waals surface area contributed by atoms with Crippen LogP contribution in [-0.2, 0) is 29.5 Å². The lowest BCUT2D eigenvalue weighted by molar-refractivity contribution is -0.653. The number of nitrogens with zero attached hydrogens (tertiary/aromatic N) is 3. The summed E-state index contributed by atoms with van der Waals surface area (Å²) in [6.45, 7) is 16.3. The van der Waals surface area contributed by atoms with Crippen LogP contribution in [0.5, 0.6) is 0 Å². The van der Waals surface area contributed by atoms with Crippen LogP contribution in [0.25, 0.3) is 15.9 Å². The number of benzene rings is 1. The highest BCUT2D eigenvalue weighted by molar-refractivity contribution is 5.80. The first-order valence-corrected chi connectivity index (χ1v) is 10.4. The normalized spacial score (nSPS) is 22.4. The molecule has 3 atom stereocenters. The van der Waals surface area contributed by atoms with E-state index in [1.165, 1.54) is 6.42 Å². The maximum absolute atomic E-state index is 12.9. The highest BCUT2D eigenvalue weighted by atomic mass is 16.5.